The van der Waals surface area contributed by atoms with Gasteiger partial charge in [0.2, 0.25) is 0 Å². The molecule has 0 saturated carbocycles. The second kappa shape index (κ2) is 10.4. The quantitative estimate of drug-likeness (QED) is 0.581. The van der Waals surface area contributed by atoms with Crippen LogP contribution in [0.3, 0.4) is 0 Å². The van der Waals surface area contributed by atoms with E-state index in [-0.39, 0.29) is 11.9 Å². The smallest absolute Gasteiger partial charge is 0.251 e. The van der Waals surface area contributed by atoms with Crippen LogP contribution in [0, 0.1) is 6.92 Å². The maximum absolute atomic E-state index is 11.9. The predicted octanol–water partition coefficient (Wildman–Crippen LogP) is 5.27. The molecule has 0 radical (unpaired) electrons. The molecule has 0 bridgehead atoms. The van der Waals surface area contributed by atoms with Crippen LogP contribution in [0.4, 0.5) is 0 Å². The molecule has 1 rings (SSSR count). The van der Waals surface area contributed by atoms with E-state index < -0.39 is 0 Å². The summed E-state index contributed by atoms with van der Waals surface area (Å²) in [6.07, 6.45) is 4.68. The second-order valence-electron chi connectivity index (χ2n) is 5.09. The zero-order valence-electron chi connectivity index (χ0n) is 13.7. The first-order chi connectivity index (χ1) is 9.87. The molecule has 0 fully saturated rings. The number of benzene rings is 1. The van der Waals surface area contributed by atoms with Gasteiger partial charge in [0.05, 0.1) is 0 Å². The second-order valence-corrected chi connectivity index (χ2v) is 5.95. The minimum Gasteiger partial charge on any atom is -0.350 e. The number of hydrogen-bond donors (Lipinski definition) is 1. The Labute approximate surface area is 137 Å². The Bertz CT molecular complexity index is 504. The van der Waals surface area contributed by atoms with Gasteiger partial charge < -0.3 is 5.32 Å². The first kappa shape index (κ1) is 19.7. The average Bonchev–Trinajstić information content (AvgIpc) is 2.40. The van der Waals surface area contributed by atoms with E-state index in [2.05, 4.69) is 41.7 Å². The van der Waals surface area contributed by atoms with Gasteiger partial charge in [0.15, 0.2) is 0 Å². The van der Waals surface area contributed by atoms with Gasteiger partial charge in [-0.1, -0.05) is 61.0 Å². The summed E-state index contributed by atoms with van der Waals surface area (Å²) >= 11 is 3.48. The Kier molecular flexibility index (Phi) is 9.72. The van der Waals surface area contributed by atoms with Gasteiger partial charge in [0.25, 0.3) is 5.91 Å². The van der Waals surface area contributed by atoms with Crippen molar-refractivity contribution in [3.63, 3.8) is 0 Å². The lowest BCUT2D eigenvalue weighted by molar-refractivity contribution is -0.117. The van der Waals surface area contributed by atoms with E-state index in [1.54, 1.807) is 6.08 Å². The third kappa shape index (κ3) is 7.28. The van der Waals surface area contributed by atoms with Crippen LogP contribution in [0.2, 0.25) is 0 Å². The van der Waals surface area contributed by atoms with E-state index in [0.717, 1.165) is 15.6 Å². The molecule has 1 aromatic carbocycles. The van der Waals surface area contributed by atoms with E-state index >= 15 is 0 Å². The molecular weight excluding hydrogens is 326 g/mol. The number of halogens is 1. The molecule has 0 aliphatic heterocycles. The van der Waals surface area contributed by atoms with Crippen LogP contribution in [0.25, 0.3) is 6.08 Å². The number of nitrogens with one attached hydrogen (secondary N) is 1. The Balaban J connectivity index is 0.00000122. The zero-order chi connectivity index (χ0) is 16.4. The number of amides is 1. The summed E-state index contributed by atoms with van der Waals surface area (Å²) in [6.45, 7) is 13.8. The van der Waals surface area contributed by atoms with Gasteiger partial charge in [-0.15, -0.1) is 0 Å². The molecule has 21 heavy (non-hydrogen) atoms. The van der Waals surface area contributed by atoms with Gasteiger partial charge in [0, 0.05) is 16.1 Å². The molecule has 0 unspecified atom stereocenters. The number of carbonyl (C=O) groups is 1. The molecule has 0 aromatic heterocycles. The molecule has 116 valence electrons. The lowest BCUT2D eigenvalue weighted by atomic mass is 10.1. The molecule has 0 aliphatic carbocycles. The van der Waals surface area contributed by atoms with E-state index in [0.29, 0.717) is 5.57 Å². The molecule has 2 nitrogen and oxygen atoms in total. The average molecular weight is 352 g/mol. The third-order valence-corrected chi connectivity index (χ3v) is 3.38. The maximum Gasteiger partial charge on any atom is 0.251 e. The van der Waals surface area contributed by atoms with Gasteiger partial charge >= 0.3 is 0 Å². The fourth-order valence-corrected chi connectivity index (χ4v) is 1.89. The summed E-state index contributed by atoms with van der Waals surface area (Å²) in [5.74, 6) is -0.0978. The highest BCUT2D eigenvalue weighted by Gasteiger charge is 2.08. The van der Waals surface area contributed by atoms with Crippen molar-refractivity contribution < 1.29 is 4.79 Å². The SMILES string of the molecule is C=C/C(=C\c1cccc(Br)c1C)C(=O)NC(C)C.CCC. The first-order valence-corrected chi connectivity index (χ1v) is 8.06. The molecule has 1 N–H and O–H groups in total. The normalized spacial score (nSPS) is 10.7. The molecule has 0 saturated heterocycles. The minimum atomic E-state index is -0.0978. The van der Waals surface area contributed by atoms with Gasteiger partial charge in [-0.2, -0.15) is 0 Å². The van der Waals surface area contributed by atoms with Crippen molar-refractivity contribution in [3.05, 3.63) is 52.0 Å². The van der Waals surface area contributed by atoms with E-state index in [1.807, 2.05) is 45.0 Å². The number of rotatable bonds is 4. The fraction of sp³-hybridized carbons (Fsp3) is 0.389. The van der Waals surface area contributed by atoms with Crippen molar-refractivity contribution in [1.82, 2.24) is 5.32 Å². The van der Waals surface area contributed by atoms with Crippen molar-refractivity contribution in [1.29, 1.82) is 0 Å². The van der Waals surface area contributed by atoms with Gasteiger partial charge in [0.1, 0.15) is 0 Å². The van der Waals surface area contributed by atoms with Crippen LogP contribution in [-0.2, 0) is 4.79 Å². The standard InChI is InChI=1S/C15H18BrNO.C3H8/c1-5-12(15(18)17-10(2)3)9-13-7-6-8-14(16)11(13)4;1-3-2/h5-10H,1H2,2-4H3,(H,17,18);3H2,1-2H3/b12-9+;. The van der Waals surface area contributed by atoms with Crippen LogP contribution in [0.15, 0.2) is 40.9 Å². The largest absolute Gasteiger partial charge is 0.350 e. The highest BCUT2D eigenvalue weighted by atomic mass is 79.9. The molecule has 1 aromatic rings. The van der Waals surface area contributed by atoms with Crippen LogP contribution < -0.4 is 5.32 Å². The third-order valence-electron chi connectivity index (χ3n) is 2.52. The van der Waals surface area contributed by atoms with Crippen molar-refractivity contribution in [2.45, 2.75) is 47.1 Å². The molecule has 1 amide bonds. The van der Waals surface area contributed by atoms with Crippen LogP contribution in [0.5, 0.6) is 0 Å². The van der Waals surface area contributed by atoms with Crippen LogP contribution in [-0.4, -0.2) is 11.9 Å². The van der Waals surface area contributed by atoms with Crippen LogP contribution >= 0.6 is 15.9 Å². The molecule has 0 spiro atoms. The van der Waals surface area contributed by atoms with Crippen molar-refractivity contribution >= 4 is 27.9 Å². The van der Waals surface area contributed by atoms with Crippen molar-refractivity contribution in [2.75, 3.05) is 0 Å². The first-order valence-electron chi connectivity index (χ1n) is 7.27. The summed E-state index contributed by atoms with van der Waals surface area (Å²) in [5, 5.41) is 2.86. The van der Waals surface area contributed by atoms with E-state index in [1.165, 1.54) is 6.42 Å². The van der Waals surface area contributed by atoms with Crippen molar-refractivity contribution in [3.8, 4) is 0 Å². The molecule has 3 heteroatoms. The van der Waals surface area contributed by atoms with Gasteiger partial charge in [-0.05, 0) is 44.0 Å². The highest BCUT2D eigenvalue weighted by molar-refractivity contribution is 9.10. The summed E-state index contributed by atoms with van der Waals surface area (Å²) in [7, 11) is 0. The fourth-order valence-electron chi connectivity index (χ4n) is 1.51. The van der Waals surface area contributed by atoms with E-state index in [9.17, 15) is 4.79 Å². The number of hydrogen-bond acceptors (Lipinski definition) is 1. The monoisotopic (exact) mass is 351 g/mol. The Morgan fingerprint density at radius 2 is 1.95 bits per heavy atom. The summed E-state index contributed by atoms with van der Waals surface area (Å²) in [5.41, 5.74) is 2.69. The maximum atomic E-state index is 11.9. The molecular formula is C18H26BrNO. The molecule has 0 atom stereocenters. The van der Waals surface area contributed by atoms with Crippen LogP contribution in [0.1, 0.15) is 45.2 Å². The Hall–Kier alpha value is -1.35. The van der Waals surface area contributed by atoms with Crippen molar-refractivity contribution in [2.24, 2.45) is 0 Å². The predicted molar refractivity (Wildman–Crippen MR) is 96.3 cm³/mol. The summed E-state index contributed by atoms with van der Waals surface area (Å²) in [4.78, 5) is 11.9. The van der Waals surface area contributed by atoms with Gasteiger partial charge in [-0.3, -0.25) is 4.79 Å². The highest BCUT2D eigenvalue weighted by Crippen LogP contribution is 2.21. The summed E-state index contributed by atoms with van der Waals surface area (Å²) in [6, 6.07) is 6.02. The minimum absolute atomic E-state index is 0.0978. The lowest BCUT2D eigenvalue weighted by Crippen LogP contribution is -2.30. The number of carbonyl (C=O) groups excluding carboxylic acids is 1. The van der Waals surface area contributed by atoms with Gasteiger partial charge in [-0.25, -0.2) is 0 Å². The summed E-state index contributed by atoms with van der Waals surface area (Å²) < 4.78 is 1.03. The zero-order valence-corrected chi connectivity index (χ0v) is 15.3. The lowest BCUT2D eigenvalue weighted by Gasteiger charge is -2.10. The van der Waals surface area contributed by atoms with E-state index in [4.69, 9.17) is 0 Å². The molecule has 0 heterocycles. The molecule has 0 aliphatic rings. The Morgan fingerprint density at radius 3 is 2.43 bits per heavy atom. The Morgan fingerprint density at radius 1 is 1.38 bits per heavy atom. The topological polar surface area (TPSA) is 29.1 Å².